The fraction of sp³-hybridized carbons (Fsp3) is 0.333. The van der Waals surface area contributed by atoms with E-state index in [1.807, 2.05) is 42.6 Å². The van der Waals surface area contributed by atoms with Crippen LogP contribution in [0.1, 0.15) is 53.3 Å². The van der Waals surface area contributed by atoms with Crippen LogP contribution < -0.4 is 10.4 Å². The number of hydrogen-bond donors (Lipinski definition) is 0. The second-order valence-corrected chi connectivity index (χ2v) is 24.4. The Bertz CT molecular complexity index is 2030. The maximum Gasteiger partial charge on any atom is 0.0795 e. The molecule has 0 bridgehead atoms. The van der Waals surface area contributed by atoms with Gasteiger partial charge in [0.05, 0.1) is 16.1 Å². The van der Waals surface area contributed by atoms with Crippen molar-refractivity contribution in [1.82, 2.24) is 9.97 Å². The fourth-order valence-corrected chi connectivity index (χ4v) is 7.79. The van der Waals surface area contributed by atoms with Gasteiger partial charge < -0.3 is 9.97 Å². The summed E-state index contributed by atoms with van der Waals surface area (Å²) in [5.74, 6) is -0.276. The molecule has 3 aromatic carbocycles. The summed E-state index contributed by atoms with van der Waals surface area (Å²) >= 11 is 0. The summed E-state index contributed by atoms with van der Waals surface area (Å²) in [6, 6.07) is 31.3. The van der Waals surface area contributed by atoms with E-state index in [9.17, 15) is 0 Å². The second-order valence-electron chi connectivity index (χ2n) is 14.2. The van der Waals surface area contributed by atoms with Crippen LogP contribution in [0.3, 0.4) is 0 Å². The van der Waals surface area contributed by atoms with Crippen LogP contribution in [0.2, 0.25) is 39.3 Å². The molecule has 1 saturated carbocycles. The van der Waals surface area contributed by atoms with E-state index in [1.165, 1.54) is 28.7 Å². The van der Waals surface area contributed by atoms with Gasteiger partial charge in [0, 0.05) is 43.5 Å². The summed E-state index contributed by atoms with van der Waals surface area (Å²) in [6.07, 6.45) is 4.63. The summed E-state index contributed by atoms with van der Waals surface area (Å²) in [5.41, 5.74) is 4.24. The van der Waals surface area contributed by atoms with Crippen molar-refractivity contribution in [1.29, 1.82) is 0 Å². The van der Waals surface area contributed by atoms with E-state index in [0.29, 0.717) is 29.7 Å². The Kier molecular flexibility index (Phi) is 9.15. The van der Waals surface area contributed by atoms with Crippen molar-refractivity contribution in [3.05, 3.63) is 120 Å². The molecule has 6 rings (SSSR count). The Morgan fingerprint density at radius 1 is 0.745 bits per heavy atom. The van der Waals surface area contributed by atoms with Crippen molar-refractivity contribution in [2.24, 2.45) is 5.92 Å². The Hall–Kier alpha value is -2.96. The van der Waals surface area contributed by atoms with Gasteiger partial charge in [0.15, 0.2) is 0 Å². The molecule has 0 unspecified atom stereocenters. The van der Waals surface area contributed by atoms with Gasteiger partial charge in [-0.2, -0.15) is 0 Å². The maximum absolute atomic E-state index is 8.89. The third kappa shape index (κ3) is 9.79. The molecule has 47 heavy (non-hydrogen) atoms. The monoisotopic (exact) mass is 839 g/mol. The van der Waals surface area contributed by atoms with E-state index in [0.717, 1.165) is 29.7 Å². The molecule has 2 nitrogen and oxygen atoms in total. The number of benzene rings is 3. The minimum atomic E-state index is -2.52. The Morgan fingerprint density at radius 2 is 1.43 bits per heavy atom. The summed E-state index contributed by atoms with van der Waals surface area (Å²) < 4.78 is 66.3. The normalized spacial score (nSPS) is 16.8. The second kappa shape index (κ2) is 16.0. The zero-order valence-corrected chi connectivity index (χ0v) is 32.7. The summed E-state index contributed by atoms with van der Waals surface area (Å²) in [7, 11) is -2.74. The van der Waals surface area contributed by atoms with Gasteiger partial charge in [-0.1, -0.05) is 136 Å². The van der Waals surface area contributed by atoms with Crippen molar-refractivity contribution in [2.45, 2.75) is 85.0 Å². The molecule has 1 fully saturated rings. The van der Waals surface area contributed by atoms with Crippen molar-refractivity contribution in [3.8, 4) is 33.6 Å². The van der Waals surface area contributed by atoms with Crippen LogP contribution in [0.15, 0.2) is 91.3 Å². The van der Waals surface area contributed by atoms with Crippen molar-refractivity contribution in [2.75, 3.05) is 0 Å². The van der Waals surface area contributed by atoms with Crippen molar-refractivity contribution >= 4 is 26.5 Å². The summed E-state index contributed by atoms with van der Waals surface area (Å²) in [5, 5.41) is 2.67. The average molecular weight is 839 g/mol. The van der Waals surface area contributed by atoms with Crippen LogP contribution >= 0.6 is 0 Å². The van der Waals surface area contributed by atoms with E-state index in [4.69, 9.17) is 11.0 Å². The predicted molar refractivity (Wildman–Crippen MR) is 204 cm³/mol. The van der Waals surface area contributed by atoms with Crippen LogP contribution in [-0.4, -0.2) is 26.1 Å². The molecule has 0 saturated heterocycles. The van der Waals surface area contributed by atoms with Crippen LogP contribution in [-0.2, 0) is 26.5 Å². The molecule has 2 aromatic heterocycles. The third-order valence-electron chi connectivity index (χ3n) is 8.52. The minimum Gasteiger partial charge on any atom is -0.305 e. The standard InChI is InChI=1S/C28H34NSi.C14H16NSi.Ir/c1-20-16-24(12-15-27(20)23-10-13-26(14-11-23)30(3,4)5)28-18-25(21(2)19-29-28)17-22-8-6-7-9-22;1-16(2,3)13-9-10-14(15-11-13)12-7-5-4-6-8-12;/h10-11,13-16,18-19,22H,6-9,17H2,1-5H3;4-7,9-11H,1-3H3;/q2*-1;/i1D3,2D3,17D2;;. The number of pyridine rings is 2. The van der Waals surface area contributed by atoms with E-state index >= 15 is 0 Å². The average Bonchev–Trinajstić information content (AvgIpc) is 3.67. The molecule has 0 N–H and O–H groups in total. The van der Waals surface area contributed by atoms with E-state index in [1.54, 1.807) is 6.07 Å². The largest absolute Gasteiger partial charge is 0.305 e. The van der Waals surface area contributed by atoms with Gasteiger partial charge in [-0.3, -0.25) is 0 Å². The number of aryl methyl sites for hydroxylation is 2. The molecule has 5 heteroatoms. The fourth-order valence-electron chi connectivity index (χ4n) is 5.59. The molecule has 0 amide bonds. The SMILES string of the molecule is C[Si](C)(C)c1ccc(-c2[c-]cccc2)nc1.[2H]C([2H])([2H])c1cc(-c2cc(C([2H])([2H])C3CCCC3)c(C([2H])([2H])[2H])cn2)[c-]cc1-c1ccc([Si](C)(C)C)cc1.[Ir]. The van der Waals surface area contributed by atoms with Gasteiger partial charge in [-0.15, -0.1) is 65.2 Å². The first-order chi connectivity index (χ1) is 25.1. The first-order valence-corrected chi connectivity index (χ1v) is 23.2. The first kappa shape index (κ1) is 26.9. The van der Waals surface area contributed by atoms with Crippen LogP contribution in [0.5, 0.6) is 0 Å². The quantitative estimate of drug-likeness (QED) is 0.121. The molecule has 1 aliphatic rings. The van der Waals surface area contributed by atoms with Gasteiger partial charge in [0.25, 0.3) is 0 Å². The van der Waals surface area contributed by atoms with Gasteiger partial charge in [-0.05, 0) is 41.3 Å². The van der Waals surface area contributed by atoms with E-state index in [-0.39, 0.29) is 42.7 Å². The summed E-state index contributed by atoms with van der Waals surface area (Å²) in [4.78, 5) is 8.86. The van der Waals surface area contributed by atoms with Gasteiger partial charge in [0.1, 0.15) is 0 Å². The molecule has 0 spiro atoms. The smallest absolute Gasteiger partial charge is 0.0795 e. The minimum absolute atomic E-state index is 0. The van der Waals surface area contributed by atoms with E-state index in [2.05, 4.69) is 85.6 Å². The molecule has 1 aliphatic carbocycles. The third-order valence-corrected chi connectivity index (χ3v) is 12.6. The van der Waals surface area contributed by atoms with Crippen LogP contribution in [0.25, 0.3) is 33.6 Å². The molecule has 2 heterocycles. The van der Waals surface area contributed by atoms with Gasteiger partial charge >= 0.3 is 0 Å². The van der Waals surface area contributed by atoms with Gasteiger partial charge in [-0.25, -0.2) is 0 Å². The molecule has 1 radical (unpaired) electrons. The van der Waals surface area contributed by atoms with Crippen LogP contribution in [0.4, 0.5) is 0 Å². The molecule has 0 aliphatic heterocycles. The Balaban J connectivity index is 0.000000330. The first-order valence-electron chi connectivity index (χ1n) is 20.2. The molecule has 0 atom stereocenters. The topological polar surface area (TPSA) is 25.8 Å². The summed E-state index contributed by atoms with van der Waals surface area (Å²) in [6.45, 7) is 8.84. The maximum atomic E-state index is 8.89. The Labute approximate surface area is 311 Å². The number of rotatable bonds is 7. The van der Waals surface area contributed by atoms with Crippen molar-refractivity contribution in [3.63, 3.8) is 0 Å². The number of hydrogen-bond acceptors (Lipinski definition) is 2. The zero-order valence-electron chi connectivity index (χ0n) is 36.3. The zero-order chi connectivity index (χ0) is 39.7. The molecule has 247 valence electrons. The number of nitrogens with zero attached hydrogens (tertiary/aromatic N) is 2. The van der Waals surface area contributed by atoms with E-state index < -0.39 is 36.2 Å². The molecule has 5 aromatic rings. The molecular weight excluding hydrogens is 781 g/mol. The molecular formula is C42H50IrN2Si2-2. The van der Waals surface area contributed by atoms with Crippen LogP contribution in [0, 0.1) is 31.8 Å². The van der Waals surface area contributed by atoms with Gasteiger partial charge in [0.2, 0.25) is 0 Å². The Morgan fingerprint density at radius 3 is 2.02 bits per heavy atom. The number of aromatic nitrogens is 2. The van der Waals surface area contributed by atoms with Crippen molar-refractivity contribution < 1.29 is 31.1 Å². The predicted octanol–water partition coefficient (Wildman–Crippen LogP) is 10.2.